The van der Waals surface area contributed by atoms with E-state index in [4.69, 9.17) is 56.8 Å². The van der Waals surface area contributed by atoms with Gasteiger partial charge in [0.25, 0.3) is 0 Å². The highest BCUT2D eigenvalue weighted by molar-refractivity contribution is 5.84. The molecule has 10 rings (SSSR count). The molecule has 6 heterocycles. The number of fused-ring (bicyclic) bond motifs is 5. The van der Waals surface area contributed by atoms with Gasteiger partial charge in [-0.2, -0.15) is 0 Å². The summed E-state index contributed by atoms with van der Waals surface area (Å²) in [6.45, 7) is 16.7. The first-order valence-corrected chi connectivity index (χ1v) is 27.7. The number of hydrogen-bond acceptors (Lipinski definition) is 24. The molecule has 6 saturated heterocycles. The lowest BCUT2D eigenvalue weighted by Gasteiger charge is -2.64. The quantitative estimate of drug-likeness (QED) is 0.0713. The van der Waals surface area contributed by atoms with Gasteiger partial charge in [-0.15, -0.1) is 0 Å². The second kappa shape index (κ2) is 21.9. The average molecular weight is 1120 g/mol. The first-order valence-electron chi connectivity index (χ1n) is 27.7. The number of esters is 1. The van der Waals surface area contributed by atoms with Crippen molar-refractivity contribution < 1.29 is 118 Å². The van der Waals surface area contributed by atoms with Crippen LogP contribution in [-0.4, -0.2) is 243 Å². The molecule has 10 aliphatic rings. The number of allylic oxidation sites excluding steroid dienone is 2. The zero-order chi connectivity index (χ0) is 56.5. The third kappa shape index (κ3) is 9.40. The summed E-state index contributed by atoms with van der Waals surface area (Å²) in [6, 6.07) is 0. The van der Waals surface area contributed by atoms with Crippen molar-refractivity contribution in [3.63, 3.8) is 0 Å². The van der Waals surface area contributed by atoms with E-state index in [2.05, 4.69) is 40.3 Å². The molecule has 0 aromatic heterocycles. The van der Waals surface area contributed by atoms with Crippen LogP contribution in [0.5, 0.6) is 0 Å². The molecule has 2 bridgehead atoms. The highest BCUT2D eigenvalue weighted by Gasteiger charge is 2.76. The number of aliphatic hydroxyl groups excluding tert-OH is 11. The number of methoxy groups -OCH3 is 1. The molecular formula is C54H84O24. The zero-order valence-corrected chi connectivity index (χ0v) is 45.5. The minimum absolute atomic E-state index is 0.0271. The van der Waals surface area contributed by atoms with Crippen LogP contribution in [0.1, 0.15) is 87.0 Å². The number of ether oxygens (including phenoxy) is 12. The Kier molecular flexibility index (Phi) is 16.6. The molecule has 2 unspecified atom stereocenters. The van der Waals surface area contributed by atoms with Crippen LogP contribution in [0.3, 0.4) is 0 Å². The van der Waals surface area contributed by atoms with E-state index in [1.165, 1.54) is 26.5 Å². The molecule has 0 radical (unpaired) electrons. The van der Waals surface area contributed by atoms with Gasteiger partial charge in [0.05, 0.1) is 43.5 Å². The molecule has 24 heteroatoms. The number of aliphatic hydroxyl groups is 11. The summed E-state index contributed by atoms with van der Waals surface area (Å²) >= 11 is 0. The van der Waals surface area contributed by atoms with Crippen LogP contribution < -0.4 is 0 Å². The third-order valence-corrected chi connectivity index (χ3v) is 20.3. The first-order chi connectivity index (χ1) is 36.7. The predicted octanol–water partition coefficient (Wildman–Crippen LogP) is -1.85. The van der Waals surface area contributed by atoms with E-state index in [9.17, 15) is 61.0 Å². The summed E-state index contributed by atoms with van der Waals surface area (Å²) in [5.41, 5.74) is 0.645. The Morgan fingerprint density at radius 2 is 1.27 bits per heavy atom. The molecule has 11 N–H and O–H groups in total. The minimum Gasteiger partial charge on any atom is -0.461 e. The maximum atomic E-state index is 13.8. The van der Waals surface area contributed by atoms with Crippen molar-refractivity contribution in [2.24, 2.45) is 39.4 Å². The van der Waals surface area contributed by atoms with E-state index in [0.29, 0.717) is 12.8 Å². The molecule has 4 aliphatic carbocycles. The first kappa shape index (κ1) is 59.2. The van der Waals surface area contributed by atoms with Crippen LogP contribution in [0.25, 0.3) is 0 Å². The van der Waals surface area contributed by atoms with Crippen molar-refractivity contribution in [1.29, 1.82) is 0 Å². The fraction of sp³-hybridized carbons (Fsp3) is 0.907. The third-order valence-electron chi connectivity index (χ3n) is 20.3. The predicted molar refractivity (Wildman–Crippen MR) is 263 cm³/mol. The summed E-state index contributed by atoms with van der Waals surface area (Å²) in [5, 5.41) is 122. The second-order valence-corrected chi connectivity index (χ2v) is 25.0. The molecule has 444 valence electrons. The Hall–Kier alpha value is -1.93. The molecule has 24 nitrogen and oxygen atoms in total. The molecule has 78 heavy (non-hydrogen) atoms. The number of carbonyl (C=O) groups is 1. The molecule has 0 aromatic carbocycles. The van der Waals surface area contributed by atoms with Crippen molar-refractivity contribution in [3.05, 3.63) is 23.8 Å². The SMILES string of the molecule is C=C(C)[C@H]1[C@H]2C[C@@]3(C)C4=CCC5C(C)(C)[C@@H](O[C@@H]6OC[C@@H](O)[C@H](O)[C@H]6O[C@@H]6O[C@H](C)[C@@H](O[C@@H]7O[C@H](CO)[C@@H](O)[C@H](O[C@@H]8OC[C@@H](O)[C@H](OC)[C@H]8O)[C@H]7O)[C@H](O)[C@H]6O[C@@H]6O[C@H](C)[C@@H](O)[C@H](O)[C@H]6O)CC[C@]5(C)C4CC[C@]13C(=O)O2. The van der Waals surface area contributed by atoms with Crippen molar-refractivity contribution >= 4 is 5.97 Å². The Bertz CT molecular complexity index is 2200. The van der Waals surface area contributed by atoms with Crippen molar-refractivity contribution in [2.45, 2.75) is 241 Å². The lowest BCUT2D eigenvalue weighted by Crippen LogP contribution is -2.67. The van der Waals surface area contributed by atoms with E-state index in [0.717, 1.165) is 31.3 Å². The Morgan fingerprint density at radius 1 is 0.654 bits per heavy atom. The van der Waals surface area contributed by atoms with E-state index in [-0.39, 0.29) is 53.9 Å². The summed E-state index contributed by atoms with van der Waals surface area (Å²) in [6.07, 6.45) is -30.3. The summed E-state index contributed by atoms with van der Waals surface area (Å²) in [7, 11) is 1.25. The fourth-order valence-corrected chi connectivity index (χ4v) is 16.1. The maximum Gasteiger partial charge on any atom is 0.314 e. The maximum absolute atomic E-state index is 13.8. The van der Waals surface area contributed by atoms with Crippen LogP contribution in [0.2, 0.25) is 0 Å². The Labute approximate surface area is 453 Å². The van der Waals surface area contributed by atoms with Crippen molar-refractivity contribution in [1.82, 2.24) is 0 Å². The van der Waals surface area contributed by atoms with Gasteiger partial charge in [0.2, 0.25) is 0 Å². The summed E-state index contributed by atoms with van der Waals surface area (Å²) in [4.78, 5) is 13.8. The van der Waals surface area contributed by atoms with Gasteiger partial charge in [-0.1, -0.05) is 51.5 Å². The molecule has 0 amide bonds. The Morgan fingerprint density at radius 3 is 1.96 bits per heavy atom. The van der Waals surface area contributed by atoms with Gasteiger partial charge in [-0.25, -0.2) is 0 Å². The topological polar surface area (TPSA) is 350 Å². The van der Waals surface area contributed by atoms with E-state index >= 15 is 0 Å². The monoisotopic (exact) mass is 1120 g/mol. The number of hydrogen-bond donors (Lipinski definition) is 11. The molecule has 6 aliphatic heterocycles. The van der Waals surface area contributed by atoms with Gasteiger partial charge < -0.3 is 113 Å². The van der Waals surface area contributed by atoms with Gasteiger partial charge in [-0.3, -0.25) is 4.79 Å². The second-order valence-electron chi connectivity index (χ2n) is 25.0. The highest BCUT2D eigenvalue weighted by Crippen LogP contribution is 2.76. The van der Waals surface area contributed by atoms with Gasteiger partial charge >= 0.3 is 5.97 Å². The van der Waals surface area contributed by atoms with Gasteiger partial charge in [0.15, 0.2) is 31.5 Å². The highest BCUT2D eigenvalue weighted by atomic mass is 16.8. The van der Waals surface area contributed by atoms with Crippen LogP contribution in [0.15, 0.2) is 23.8 Å². The van der Waals surface area contributed by atoms with Crippen LogP contribution in [0, 0.1) is 39.4 Å². The lowest BCUT2D eigenvalue weighted by atomic mass is 9.40. The van der Waals surface area contributed by atoms with Gasteiger partial charge in [-0.05, 0) is 82.0 Å². The lowest BCUT2D eigenvalue weighted by molar-refractivity contribution is -0.405. The van der Waals surface area contributed by atoms with Gasteiger partial charge in [0, 0.05) is 18.4 Å². The van der Waals surface area contributed by atoms with Crippen molar-refractivity contribution in [3.8, 4) is 0 Å². The molecular weight excluding hydrogens is 1030 g/mol. The molecule has 9 fully saturated rings. The van der Waals surface area contributed by atoms with E-state index in [1.807, 2.05) is 6.92 Å². The Balaban J connectivity index is 0.888. The zero-order valence-electron chi connectivity index (χ0n) is 45.5. The van der Waals surface area contributed by atoms with Crippen LogP contribution >= 0.6 is 0 Å². The number of rotatable bonds is 13. The average Bonchev–Trinajstić information content (AvgIpc) is 4.06. The van der Waals surface area contributed by atoms with E-state index < -0.39 is 165 Å². The standard InChI is InChI=1S/C54H84O24/c1-20(2)31-27-16-53(8)24-10-11-29-51(5,6)30(13-14-52(29,7)23(24)12-15-54(31,53)50(66)73-27)74-48-43(33(59)25(56)18-69-48)78-49-44(77-46-36(62)35(61)32(58)21(3)70-46)37(63)40(22(4)71-49)75-47-39(65)42(34(60)28(17-55)72-47)76-45-38(64)41(67-9)26(57)19-68-45/h10,21-23,25-49,55-65H,1,11-19H2,2-9H3/t21-,22-,23?,25-,26-,27-,28-,29?,30+,31+,32-,33+,34-,35+,36-,37+,38-,39-,40-,41+,42+,43-,44-,45+,46+,47+,48+,49+,52-,53+,54-/m1/s1. The smallest absolute Gasteiger partial charge is 0.314 e. The van der Waals surface area contributed by atoms with Gasteiger partial charge in [0.1, 0.15) is 104 Å². The normalized spacial score (nSPS) is 54.8. The van der Waals surface area contributed by atoms with E-state index in [1.54, 1.807) is 0 Å². The fourth-order valence-electron chi connectivity index (χ4n) is 16.1. The number of carbonyl (C=O) groups excluding carboxylic acids is 1. The molecule has 3 saturated carbocycles. The van der Waals surface area contributed by atoms with Crippen LogP contribution in [-0.2, 0) is 61.6 Å². The summed E-state index contributed by atoms with van der Waals surface area (Å²) < 4.78 is 72.5. The molecule has 31 atom stereocenters. The molecule has 0 aromatic rings. The van der Waals surface area contributed by atoms with Crippen molar-refractivity contribution in [2.75, 3.05) is 26.9 Å². The minimum atomic E-state index is -1.92. The summed E-state index contributed by atoms with van der Waals surface area (Å²) in [5.74, 6) is 0.179. The molecule has 1 spiro atoms. The van der Waals surface area contributed by atoms with Crippen LogP contribution in [0.4, 0.5) is 0 Å². The largest absolute Gasteiger partial charge is 0.461 e.